The molecule has 102 valence electrons. The second kappa shape index (κ2) is 5.57. The highest BCUT2D eigenvalue weighted by atomic mass is 16.1. The Labute approximate surface area is 118 Å². The monoisotopic (exact) mass is 268 g/mol. The molecule has 20 heavy (non-hydrogen) atoms. The number of imidazole rings is 1. The van der Waals surface area contributed by atoms with Crippen molar-refractivity contribution in [2.45, 2.75) is 13.5 Å². The first-order valence-corrected chi connectivity index (χ1v) is 6.25. The van der Waals surface area contributed by atoms with Gasteiger partial charge >= 0.3 is 0 Å². The third-order valence-corrected chi connectivity index (χ3v) is 3.22. The van der Waals surface area contributed by atoms with Gasteiger partial charge in [0.25, 0.3) is 0 Å². The van der Waals surface area contributed by atoms with E-state index < -0.39 is 0 Å². The van der Waals surface area contributed by atoms with Crippen LogP contribution in [0, 0.1) is 11.3 Å². The first kappa shape index (κ1) is 13.8. The Balaban J connectivity index is 2.37. The predicted octanol–water partition coefficient (Wildman–Crippen LogP) is 2.13. The zero-order valence-electron chi connectivity index (χ0n) is 11.8. The molecule has 0 saturated heterocycles. The molecule has 0 unspecified atom stereocenters. The molecule has 0 radical (unpaired) electrons. The van der Waals surface area contributed by atoms with Crippen LogP contribution in [0.1, 0.15) is 28.7 Å². The average Bonchev–Trinajstić information content (AvgIpc) is 2.83. The third-order valence-electron chi connectivity index (χ3n) is 3.22. The molecule has 0 spiro atoms. The van der Waals surface area contributed by atoms with Crippen molar-refractivity contribution in [3.8, 4) is 6.07 Å². The minimum atomic E-state index is -0.0174. The van der Waals surface area contributed by atoms with Crippen LogP contribution in [0.2, 0.25) is 0 Å². The molecule has 0 atom stereocenters. The number of carbonyl (C=O) groups excluding carboxylic acids is 1. The van der Waals surface area contributed by atoms with E-state index in [-0.39, 0.29) is 5.78 Å². The third kappa shape index (κ3) is 2.69. The Morgan fingerprint density at radius 2 is 2.25 bits per heavy atom. The summed E-state index contributed by atoms with van der Waals surface area (Å²) in [4.78, 5) is 17.9. The Morgan fingerprint density at radius 1 is 1.50 bits per heavy atom. The number of carbonyl (C=O) groups is 1. The number of benzene rings is 1. The molecule has 0 N–H and O–H groups in total. The molecule has 5 nitrogen and oxygen atoms in total. The highest BCUT2D eigenvalue weighted by Gasteiger charge is 2.14. The van der Waals surface area contributed by atoms with Crippen LogP contribution >= 0.6 is 0 Å². The molecule has 0 aliphatic rings. The van der Waals surface area contributed by atoms with Gasteiger partial charge in [-0.05, 0) is 25.1 Å². The van der Waals surface area contributed by atoms with Gasteiger partial charge in [-0.2, -0.15) is 5.26 Å². The summed E-state index contributed by atoms with van der Waals surface area (Å²) in [6.07, 6.45) is 3.61. The molecule has 0 bridgehead atoms. The maximum absolute atomic E-state index is 11.7. The van der Waals surface area contributed by atoms with Gasteiger partial charge in [0.15, 0.2) is 5.78 Å². The van der Waals surface area contributed by atoms with Gasteiger partial charge in [0.05, 0.1) is 18.2 Å². The van der Waals surface area contributed by atoms with Crippen LogP contribution in [0.4, 0.5) is 5.69 Å². The molecule has 5 heteroatoms. The molecule has 0 fully saturated rings. The van der Waals surface area contributed by atoms with E-state index in [4.69, 9.17) is 5.26 Å². The molecular weight excluding hydrogens is 252 g/mol. The summed E-state index contributed by atoms with van der Waals surface area (Å²) in [6.45, 7) is 2.10. The molecule has 2 rings (SSSR count). The van der Waals surface area contributed by atoms with Crippen molar-refractivity contribution in [2.24, 2.45) is 7.05 Å². The van der Waals surface area contributed by atoms with Crippen molar-refractivity contribution < 1.29 is 4.79 Å². The lowest BCUT2D eigenvalue weighted by Crippen LogP contribution is -2.21. The van der Waals surface area contributed by atoms with E-state index in [1.165, 1.54) is 6.92 Å². The van der Waals surface area contributed by atoms with Crippen molar-refractivity contribution in [1.82, 2.24) is 9.55 Å². The van der Waals surface area contributed by atoms with Crippen LogP contribution in [0.5, 0.6) is 0 Å². The number of Topliss-reactive ketones (excluding diaryl/α,β-unsaturated/α-hetero) is 1. The van der Waals surface area contributed by atoms with Crippen molar-refractivity contribution in [1.29, 1.82) is 5.26 Å². The van der Waals surface area contributed by atoms with E-state index in [0.29, 0.717) is 17.7 Å². The fourth-order valence-electron chi connectivity index (χ4n) is 2.06. The molecule has 0 amide bonds. The number of anilines is 1. The summed E-state index contributed by atoms with van der Waals surface area (Å²) in [5, 5.41) is 9.00. The Morgan fingerprint density at radius 3 is 2.80 bits per heavy atom. The van der Waals surface area contributed by atoms with Crippen LogP contribution in [-0.4, -0.2) is 22.4 Å². The first-order valence-electron chi connectivity index (χ1n) is 6.25. The second-order valence-electron chi connectivity index (χ2n) is 4.71. The van der Waals surface area contributed by atoms with Gasteiger partial charge in [0.1, 0.15) is 5.82 Å². The van der Waals surface area contributed by atoms with Gasteiger partial charge in [0, 0.05) is 37.7 Å². The summed E-state index contributed by atoms with van der Waals surface area (Å²) < 4.78 is 1.93. The van der Waals surface area contributed by atoms with Crippen LogP contribution in [0.25, 0.3) is 0 Å². The van der Waals surface area contributed by atoms with Crippen molar-refractivity contribution in [3.05, 3.63) is 47.5 Å². The number of ketones is 1. The topological polar surface area (TPSA) is 61.9 Å². The van der Waals surface area contributed by atoms with Crippen molar-refractivity contribution >= 4 is 11.5 Å². The number of nitrogens with zero attached hydrogens (tertiary/aromatic N) is 4. The summed E-state index contributed by atoms with van der Waals surface area (Å²) in [6, 6.07) is 7.20. The summed E-state index contributed by atoms with van der Waals surface area (Å²) in [5.74, 6) is 0.876. The summed E-state index contributed by atoms with van der Waals surface area (Å²) in [5.41, 5.74) is 1.90. The van der Waals surface area contributed by atoms with Crippen molar-refractivity contribution in [2.75, 3.05) is 11.9 Å². The number of hydrogen-bond acceptors (Lipinski definition) is 4. The van der Waals surface area contributed by atoms with E-state index in [1.807, 2.05) is 29.8 Å². The SMILES string of the molecule is CC(=O)c1ccc(C#N)cc1N(C)Cc1nccn1C. The van der Waals surface area contributed by atoms with Crippen LogP contribution in [0.3, 0.4) is 0 Å². The number of aromatic nitrogens is 2. The molecule has 0 aliphatic heterocycles. The molecule has 1 heterocycles. The first-order chi connectivity index (χ1) is 9.52. The van der Waals surface area contributed by atoms with Gasteiger partial charge in [-0.15, -0.1) is 0 Å². The van der Waals surface area contributed by atoms with Gasteiger partial charge in [-0.1, -0.05) is 0 Å². The number of aryl methyl sites for hydroxylation is 1. The number of hydrogen-bond donors (Lipinski definition) is 0. The standard InChI is InChI=1S/C15H16N4O/c1-11(20)13-5-4-12(9-16)8-14(13)19(3)10-15-17-6-7-18(15)2/h4-8H,10H2,1-3H3. The lowest BCUT2D eigenvalue weighted by Gasteiger charge is -2.21. The molecule has 1 aromatic heterocycles. The van der Waals surface area contributed by atoms with E-state index in [1.54, 1.807) is 24.4 Å². The van der Waals surface area contributed by atoms with E-state index in [2.05, 4.69) is 11.1 Å². The lowest BCUT2D eigenvalue weighted by atomic mass is 10.1. The van der Waals surface area contributed by atoms with Gasteiger partial charge in [-0.3, -0.25) is 4.79 Å². The molecule has 1 aromatic carbocycles. The molecule has 2 aromatic rings. The normalized spacial score (nSPS) is 10.1. The Bertz CT molecular complexity index is 681. The average molecular weight is 268 g/mol. The highest BCUT2D eigenvalue weighted by molar-refractivity contribution is 5.99. The van der Waals surface area contributed by atoms with Gasteiger partial charge in [-0.25, -0.2) is 4.98 Å². The zero-order chi connectivity index (χ0) is 14.7. The quantitative estimate of drug-likeness (QED) is 0.797. The van der Waals surface area contributed by atoms with E-state index in [9.17, 15) is 4.79 Å². The molecule has 0 saturated carbocycles. The predicted molar refractivity (Wildman–Crippen MR) is 76.5 cm³/mol. The molecule has 0 aliphatic carbocycles. The Hall–Kier alpha value is -2.61. The molecular formula is C15H16N4O. The van der Waals surface area contributed by atoms with Crippen molar-refractivity contribution in [3.63, 3.8) is 0 Å². The number of rotatable bonds is 4. The Kier molecular flexibility index (Phi) is 3.85. The minimum absolute atomic E-state index is 0.0174. The fourth-order valence-corrected chi connectivity index (χ4v) is 2.06. The smallest absolute Gasteiger partial charge is 0.161 e. The lowest BCUT2D eigenvalue weighted by molar-refractivity contribution is 0.101. The highest BCUT2D eigenvalue weighted by Crippen LogP contribution is 2.23. The minimum Gasteiger partial charge on any atom is -0.366 e. The van der Waals surface area contributed by atoms with Gasteiger partial charge in [0.2, 0.25) is 0 Å². The summed E-state index contributed by atoms with van der Waals surface area (Å²) in [7, 11) is 3.81. The maximum atomic E-state index is 11.7. The van der Waals surface area contributed by atoms with E-state index >= 15 is 0 Å². The fraction of sp³-hybridized carbons (Fsp3) is 0.267. The van der Waals surface area contributed by atoms with Crippen LogP contribution in [-0.2, 0) is 13.6 Å². The zero-order valence-corrected chi connectivity index (χ0v) is 11.8. The number of nitriles is 1. The van der Waals surface area contributed by atoms with Crippen LogP contribution in [0.15, 0.2) is 30.6 Å². The van der Waals surface area contributed by atoms with E-state index in [0.717, 1.165) is 11.5 Å². The summed E-state index contributed by atoms with van der Waals surface area (Å²) >= 11 is 0. The largest absolute Gasteiger partial charge is 0.366 e. The second-order valence-corrected chi connectivity index (χ2v) is 4.71. The van der Waals surface area contributed by atoms with Crippen LogP contribution < -0.4 is 4.90 Å². The van der Waals surface area contributed by atoms with Gasteiger partial charge < -0.3 is 9.47 Å². The maximum Gasteiger partial charge on any atom is 0.161 e.